The number of anilines is 2. The molecule has 0 unspecified atom stereocenters. The summed E-state index contributed by atoms with van der Waals surface area (Å²) in [6, 6.07) is 12.5. The molecule has 3 aromatic carbocycles. The topological polar surface area (TPSA) is 88.2 Å². The molecule has 4 aromatic rings. The number of aromatic hydroxyl groups is 1. The first-order valence-corrected chi connectivity index (χ1v) is 11.1. The van der Waals surface area contributed by atoms with E-state index in [0.717, 1.165) is 30.2 Å². The molecule has 5 nitrogen and oxygen atoms in total. The molecule has 1 saturated carbocycles. The molecular weight excluding hydrogens is 460 g/mol. The first kappa shape index (κ1) is 22.3. The predicted octanol–water partition coefficient (Wildman–Crippen LogP) is 6.33. The fourth-order valence-electron chi connectivity index (χ4n) is 3.91. The lowest BCUT2D eigenvalue weighted by Crippen LogP contribution is -2.08. The van der Waals surface area contributed by atoms with Gasteiger partial charge in [0.2, 0.25) is 0 Å². The first-order chi connectivity index (χ1) is 16.4. The summed E-state index contributed by atoms with van der Waals surface area (Å²) in [6.45, 7) is 0.401. The Hall–Kier alpha value is -3.55. The number of hydrogen-bond donors (Lipinski definition) is 3. The highest BCUT2D eigenvalue weighted by atomic mass is 35.5. The summed E-state index contributed by atoms with van der Waals surface area (Å²) in [7, 11) is 0. The Kier molecular flexibility index (Phi) is 5.67. The summed E-state index contributed by atoms with van der Waals surface area (Å²) >= 11 is 5.92. The minimum absolute atomic E-state index is 0.0277. The largest absolute Gasteiger partial charge is 0.504 e. The number of pyridine rings is 1. The Labute approximate surface area is 199 Å². The minimum atomic E-state index is -0.962. The number of nitrogens with zero attached hydrogens (tertiary/aromatic N) is 1. The number of halogens is 3. The van der Waals surface area contributed by atoms with Gasteiger partial charge < -0.3 is 16.2 Å². The van der Waals surface area contributed by atoms with Gasteiger partial charge in [-0.05, 0) is 54.3 Å². The van der Waals surface area contributed by atoms with E-state index in [1.165, 1.54) is 24.4 Å². The Morgan fingerprint density at radius 1 is 1.12 bits per heavy atom. The fourth-order valence-corrected chi connectivity index (χ4v) is 4.12. The number of hydrogen-bond acceptors (Lipinski definition) is 5. The number of ketones is 1. The van der Waals surface area contributed by atoms with Gasteiger partial charge in [0.1, 0.15) is 5.82 Å². The van der Waals surface area contributed by atoms with E-state index < -0.39 is 17.4 Å². The number of carbonyl (C=O) groups is 1. The molecule has 4 N–H and O–H groups in total. The smallest absolute Gasteiger partial charge is 0.170 e. The number of rotatable bonds is 6. The van der Waals surface area contributed by atoms with Crippen molar-refractivity contribution in [2.24, 2.45) is 11.7 Å². The lowest BCUT2D eigenvalue weighted by atomic mass is 9.98. The number of phenolic OH excluding ortho intramolecular Hbond substituents is 1. The van der Waals surface area contributed by atoms with Crippen LogP contribution in [0.3, 0.4) is 0 Å². The summed E-state index contributed by atoms with van der Waals surface area (Å²) in [6.07, 6.45) is 3.11. The van der Waals surface area contributed by atoms with Gasteiger partial charge in [0.25, 0.3) is 0 Å². The first-order valence-electron chi connectivity index (χ1n) is 10.8. The zero-order valence-corrected chi connectivity index (χ0v) is 18.7. The highest BCUT2D eigenvalue weighted by Crippen LogP contribution is 2.40. The molecule has 0 amide bonds. The van der Waals surface area contributed by atoms with Gasteiger partial charge in [-0.2, -0.15) is 0 Å². The molecule has 1 fully saturated rings. The monoisotopic (exact) mass is 479 g/mol. The van der Waals surface area contributed by atoms with E-state index in [-0.39, 0.29) is 27.9 Å². The van der Waals surface area contributed by atoms with E-state index in [1.54, 1.807) is 0 Å². The quantitative estimate of drug-likeness (QED) is 0.281. The van der Waals surface area contributed by atoms with Gasteiger partial charge in [-0.15, -0.1) is 0 Å². The van der Waals surface area contributed by atoms with Crippen molar-refractivity contribution in [1.82, 2.24) is 4.98 Å². The molecule has 0 atom stereocenters. The number of fused-ring (bicyclic) bond motifs is 1. The van der Waals surface area contributed by atoms with E-state index in [4.69, 9.17) is 17.3 Å². The molecule has 0 aliphatic heterocycles. The number of Topliss-reactive ketones (excluding diaryl/α,β-unsaturated/α-hetero) is 1. The SMILES string of the molecule is NCc1ccc(Nc2c(C(=O)C3CC3)cnc3cc(F)c(-c4cc(F)c(O)c(Cl)c4)cc23)cc1. The maximum Gasteiger partial charge on any atom is 0.170 e. The second-order valence-corrected chi connectivity index (χ2v) is 8.76. The molecule has 1 aliphatic carbocycles. The third kappa shape index (κ3) is 4.08. The lowest BCUT2D eigenvalue weighted by molar-refractivity contribution is 0.0968. The maximum atomic E-state index is 15.0. The molecule has 1 heterocycles. The summed E-state index contributed by atoms with van der Waals surface area (Å²) in [4.78, 5) is 17.4. The number of carbonyl (C=O) groups excluding carboxylic acids is 1. The van der Waals surface area contributed by atoms with Gasteiger partial charge in [0.05, 0.1) is 21.8 Å². The standard InChI is InChI=1S/C26H20ClF2N3O2/c27-20-7-15(8-22(29)26(20)34)17-9-18-23(10-21(17)28)31-12-19(25(33)14-3-4-14)24(18)32-16-5-1-13(11-30)2-6-16/h1-2,5-10,12,14,34H,3-4,11,30H2,(H,31,32). The number of phenols is 1. The van der Waals surface area contributed by atoms with Gasteiger partial charge in [0, 0.05) is 41.4 Å². The van der Waals surface area contributed by atoms with Crippen LogP contribution in [0.2, 0.25) is 5.02 Å². The van der Waals surface area contributed by atoms with Crippen molar-refractivity contribution in [3.63, 3.8) is 0 Å². The van der Waals surface area contributed by atoms with Gasteiger partial charge in [-0.1, -0.05) is 23.7 Å². The van der Waals surface area contributed by atoms with E-state index in [1.807, 2.05) is 24.3 Å². The number of benzene rings is 3. The van der Waals surface area contributed by atoms with Crippen LogP contribution in [-0.2, 0) is 6.54 Å². The van der Waals surface area contributed by atoms with Crippen LogP contribution in [0.5, 0.6) is 5.75 Å². The molecule has 0 radical (unpaired) electrons. The third-order valence-corrected chi connectivity index (χ3v) is 6.25. The Bertz CT molecular complexity index is 1410. The molecule has 1 aromatic heterocycles. The van der Waals surface area contributed by atoms with Crippen molar-refractivity contribution in [3.05, 3.63) is 82.5 Å². The van der Waals surface area contributed by atoms with E-state index in [9.17, 15) is 14.3 Å². The van der Waals surface area contributed by atoms with Crippen LogP contribution in [0.25, 0.3) is 22.0 Å². The molecule has 34 heavy (non-hydrogen) atoms. The second-order valence-electron chi connectivity index (χ2n) is 8.35. The molecule has 0 bridgehead atoms. The Morgan fingerprint density at radius 2 is 1.85 bits per heavy atom. The normalized spacial score (nSPS) is 13.3. The maximum absolute atomic E-state index is 15.0. The summed E-state index contributed by atoms with van der Waals surface area (Å²) in [5, 5.41) is 13.2. The predicted molar refractivity (Wildman–Crippen MR) is 128 cm³/mol. The molecule has 172 valence electrons. The molecule has 1 aliphatic rings. The van der Waals surface area contributed by atoms with Crippen LogP contribution in [0.1, 0.15) is 28.8 Å². The van der Waals surface area contributed by atoms with E-state index >= 15 is 4.39 Å². The van der Waals surface area contributed by atoms with Crippen LogP contribution in [-0.4, -0.2) is 15.9 Å². The van der Waals surface area contributed by atoms with Gasteiger partial charge >= 0.3 is 0 Å². The third-order valence-electron chi connectivity index (χ3n) is 5.96. The van der Waals surface area contributed by atoms with Crippen molar-refractivity contribution in [3.8, 4) is 16.9 Å². The highest BCUT2D eigenvalue weighted by Gasteiger charge is 2.32. The van der Waals surface area contributed by atoms with E-state index in [2.05, 4.69) is 10.3 Å². The van der Waals surface area contributed by atoms with Crippen LogP contribution in [0, 0.1) is 17.6 Å². The fraction of sp³-hybridized carbons (Fsp3) is 0.154. The Morgan fingerprint density at radius 3 is 2.50 bits per heavy atom. The Balaban J connectivity index is 1.70. The number of nitrogens with two attached hydrogens (primary N) is 1. The molecule has 5 rings (SSSR count). The van der Waals surface area contributed by atoms with Crippen molar-refractivity contribution in [2.45, 2.75) is 19.4 Å². The average molecular weight is 480 g/mol. The highest BCUT2D eigenvalue weighted by molar-refractivity contribution is 6.32. The van der Waals surface area contributed by atoms with Crippen molar-refractivity contribution in [1.29, 1.82) is 0 Å². The van der Waals surface area contributed by atoms with Crippen LogP contribution in [0.4, 0.5) is 20.2 Å². The average Bonchev–Trinajstić information content (AvgIpc) is 3.68. The van der Waals surface area contributed by atoms with Gasteiger partial charge in [-0.3, -0.25) is 9.78 Å². The number of aromatic nitrogens is 1. The van der Waals surface area contributed by atoms with Crippen LogP contribution < -0.4 is 11.1 Å². The minimum Gasteiger partial charge on any atom is -0.504 e. The molecular formula is C26H20ClF2N3O2. The molecule has 8 heteroatoms. The molecule has 0 spiro atoms. The summed E-state index contributed by atoms with van der Waals surface area (Å²) in [5.41, 5.74) is 8.81. The zero-order chi connectivity index (χ0) is 24.0. The van der Waals surface area contributed by atoms with Crippen molar-refractivity contribution < 1.29 is 18.7 Å². The lowest BCUT2D eigenvalue weighted by Gasteiger charge is -2.16. The summed E-state index contributed by atoms with van der Waals surface area (Å²) in [5.74, 6) is -2.38. The summed E-state index contributed by atoms with van der Waals surface area (Å²) < 4.78 is 29.2. The molecule has 0 saturated heterocycles. The van der Waals surface area contributed by atoms with Crippen molar-refractivity contribution in [2.75, 3.05) is 5.32 Å². The van der Waals surface area contributed by atoms with Crippen molar-refractivity contribution >= 4 is 39.7 Å². The second kappa shape index (κ2) is 8.66. The zero-order valence-electron chi connectivity index (χ0n) is 17.9. The number of nitrogens with one attached hydrogen (secondary N) is 1. The van der Waals surface area contributed by atoms with Gasteiger partial charge in [-0.25, -0.2) is 8.78 Å². The van der Waals surface area contributed by atoms with E-state index in [0.29, 0.717) is 28.7 Å². The van der Waals surface area contributed by atoms with Gasteiger partial charge in [0.15, 0.2) is 17.3 Å². The van der Waals surface area contributed by atoms with Crippen LogP contribution >= 0.6 is 11.6 Å². The van der Waals surface area contributed by atoms with Crippen LogP contribution in [0.15, 0.2) is 54.7 Å².